The van der Waals surface area contributed by atoms with Crippen molar-refractivity contribution in [2.45, 2.75) is 32.2 Å². The van der Waals surface area contributed by atoms with Crippen LogP contribution in [0.5, 0.6) is 0 Å². The average molecular weight is 312 g/mol. The molecule has 4 heteroatoms. The zero-order valence-corrected chi connectivity index (χ0v) is 14.4. The summed E-state index contributed by atoms with van der Waals surface area (Å²) in [7, 11) is 6.37. The molecule has 4 nitrogen and oxygen atoms in total. The molecule has 1 aliphatic heterocycles. The predicted molar refractivity (Wildman–Crippen MR) is 92.4 cm³/mol. The van der Waals surface area contributed by atoms with E-state index in [0.29, 0.717) is 6.42 Å². The molecule has 0 bridgehead atoms. The van der Waals surface area contributed by atoms with Gasteiger partial charge in [-0.15, -0.1) is 0 Å². The lowest BCUT2D eigenvalue weighted by atomic mass is 9.97. The first-order chi connectivity index (χ1) is 11.0. The zero-order valence-electron chi connectivity index (χ0n) is 14.4. The number of Topliss-reactive ketones (excluding diaryl/α,β-unsaturated/α-hetero) is 1. The molecule has 0 atom stereocenters. The number of aryl methyl sites for hydroxylation is 1. The number of aromatic nitrogens is 2. The molecular weight excluding hydrogens is 286 g/mol. The second-order valence-electron chi connectivity index (χ2n) is 7.40. The van der Waals surface area contributed by atoms with E-state index in [2.05, 4.69) is 25.8 Å². The molecule has 0 radical (unpaired) electrons. The molecule has 1 aromatic heterocycles. The molecule has 1 aromatic carbocycles. The van der Waals surface area contributed by atoms with Crippen LogP contribution in [-0.4, -0.2) is 47.7 Å². The second kappa shape index (κ2) is 6.28. The summed E-state index contributed by atoms with van der Waals surface area (Å²) in [6.45, 7) is 1.77. The fourth-order valence-corrected chi connectivity index (χ4v) is 3.14. The fourth-order valence-electron chi connectivity index (χ4n) is 3.14. The van der Waals surface area contributed by atoms with Crippen LogP contribution in [-0.2, 0) is 13.0 Å². The number of fused-ring (bicyclic) bond motifs is 1. The molecule has 2 heterocycles. The molecule has 2 aromatic rings. The molecular formula is C19H26N3O+. The minimum Gasteiger partial charge on any atom is -0.331 e. The Hall–Kier alpha value is -1.94. The van der Waals surface area contributed by atoms with Gasteiger partial charge in [-0.05, 0) is 19.3 Å². The van der Waals surface area contributed by atoms with Gasteiger partial charge in [0.2, 0.25) is 0 Å². The van der Waals surface area contributed by atoms with Crippen molar-refractivity contribution in [2.75, 3.05) is 27.7 Å². The van der Waals surface area contributed by atoms with Crippen molar-refractivity contribution in [3.05, 3.63) is 41.6 Å². The highest BCUT2D eigenvalue weighted by atomic mass is 16.1. The molecule has 3 rings (SSSR count). The van der Waals surface area contributed by atoms with Gasteiger partial charge in [0.15, 0.2) is 5.78 Å². The maximum atomic E-state index is 13.0. The smallest absolute Gasteiger partial charge is 0.172 e. The van der Waals surface area contributed by atoms with Gasteiger partial charge in [0.05, 0.1) is 39.7 Å². The van der Waals surface area contributed by atoms with E-state index in [9.17, 15) is 4.79 Å². The first kappa shape index (κ1) is 15.9. The average Bonchev–Trinajstić information content (AvgIpc) is 2.92. The Morgan fingerprint density at radius 1 is 1.17 bits per heavy atom. The molecule has 0 aliphatic carbocycles. The van der Waals surface area contributed by atoms with Crippen LogP contribution in [0, 0.1) is 0 Å². The third kappa shape index (κ3) is 3.53. The van der Waals surface area contributed by atoms with E-state index in [-0.39, 0.29) is 5.78 Å². The van der Waals surface area contributed by atoms with Gasteiger partial charge in [0.25, 0.3) is 0 Å². The van der Waals surface area contributed by atoms with Crippen molar-refractivity contribution in [2.24, 2.45) is 0 Å². The number of ketones is 1. The number of rotatable bonds is 5. The first-order valence-corrected chi connectivity index (χ1v) is 8.44. The molecule has 0 fully saturated rings. The minimum absolute atomic E-state index is 0.236. The SMILES string of the molecule is C[N+](C)(C)CCC(=O)c1c(-c2ccccc2)nn2c1CCCC2. The van der Waals surface area contributed by atoms with Crippen LogP contribution in [0.1, 0.15) is 35.3 Å². The number of carbonyl (C=O) groups excluding carboxylic acids is 1. The molecule has 0 unspecified atom stereocenters. The van der Waals surface area contributed by atoms with Gasteiger partial charge in [0.1, 0.15) is 5.69 Å². The molecule has 0 saturated heterocycles. The van der Waals surface area contributed by atoms with Gasteiger partial charge in [-0.1, -0.05) is 30.3 Å². The van der Waals surface area contributed by atoms with Crippen molar-refractivity contribution in [1.82, 2.24) is 9.78 Å². The summed E-state index contributed by atoms with van der Waals surface area (Å²) in [5.74, 6) is 0.236. The quantitative estimate of drug-likeness (QED) is 0.628. The van der Waals surface area contributed by atoms with Gasteiger partial charge < -0.3 is 4.48 Å². The Morgan fingerprint density at radius 3 is 2.61 bits per heavy atom. The Morgan fingerprint density at radius 2 is 1.91 bits per heavy atom. The summed E-state index contributed by atoms with van der Waals surface area (Å²) in [5, 5.41) is 4.78. The van der Waals surface area contributed by atoms with Gasteiger partial charge >= 0.3 is 0 Å². The summed E-state index contributed by atoms with van der Waals surface area (Å²) in [6.07, 6.45) is 3.83. The lowest BCUT2D eigenvalue weighted by molar-refractivity contribution is -0.869. The molecule has 0 amide bonds. The number of benzene rings is 1. The van der Waals surface area contributed by atoms with Crippen LogP contribution >= 0.6 is 0 Å². The maximum Gasteiger partial charge on any atom is 0.172 e. The van der Waals surface area contributed by atoms with E-state index in [4.69, 9.17) is 5.10 Å². The number of hydrogen-bond acceptors (Lipinski definition) is 2. The van der Waals surface area contributed by atoms with Gasteiger partial charge in [-0.3, -0.25) is 9.48 Å². The van der Waals surface area contributed by atoms with Gasteiger partial charge in [-0.2, -0.15) is 5.10 Å². The van der Waals surface area contributed by atoms with Crippen molar-refractivity contribution < 1.29 is 9.28 Å². The van der Waals surface area contributed by atoms with Crippen molar-refractivity contribution in [3.8, 4) is 11.3 Å². The number of quaternary nitrogens is 1. The lowest BCUT2D eigenvalue weighted by Gasteiger charge is -2.23. The van der Waals surface area contributed by atoms with E-state index < -0.39 is 0 Å². The van der Waals surface area contributed by atoms with Crippen molar-refractivity contribution >= 4 is 5.78 Å². The van der Waals surface area contributed by atoms with Crippen molar-refractivity contribution in [3.63, 3.8) is 0 Å². The minimum atomic E-state index is 0.236. The third-order valence-corrected chi connectivity index (χ3v) is 4.43. The molecule has 1 aliphatic rings. The lowest BCUT2D eigenvalue weighted by Crippen LogP contribution is -2.36. The highest BCUT2D eigenvalue weighted by Crippen LogP contribution is 2.30. The van der Waals surface area contributed by atoms with Crippen LogP contribution in [0.25, 0.3) is 11.3 Å². The molecule has 122 valence electrons. The maximum absolute atomic E-state index is 13.0. The Labute approximate surface area is 138 Å². The normalized spacial score (nSPS) is 14.6. The number of nitrogens with zero attached hydrogens (tertiary/aromatic N) is 3. The highest BCUT2D eigenvalue weighted by Gasteiger charge is 2.26. The summed E-state index contributed by atoms with van der Waals surface area (Å²) in [4.78, 5) is 13.0. The second-order valence-corrected chi connectivity index (χ2v) is 7.40. The van der Waals surface area contributed by atoms with E-state index in [1.807, 2.05) is 30.3 Å². The summed E-state index contributed by atoms with van der Waals surface area (Å²) in [6, 6.07) is 10.1. The van der Waals surface area contributed by atoms with Crippen LogP contribution in [0.3, 0.4) is 0 Å². The van der Waals surface area contributed by atoms with Gasteiger partial charge in [0, 0.05) is 17.8 Å². The van der Waals surface area contributed by atoms with Crippen LogP contribution < -0.4 is 0 Å². The van der Waals surface area contributed by atoms with Crippen LogP contribution in [0.2, 0.25) is 0 Å². The molecule has 0 spiro atoms. The summed E-state index contributed by atoms with van der Waals surface area (Å²) >= 11 is 0. The van der Waals surface area contributed by atoms with Gasteiger partial charge in [-0.25, -0.2) is 0 Å². The first-order valence-electron chi connectivity index (χ1n) is 8.44. The Kier molecular flexibility index (Phi) is 4.35. The van der Waals surface area contributed by atoms with E-state index in [1.165, 1.54) is 0 Å². The summed E-state index contributed by atoms with van der Waals surface area (Å²) < 4.78 is 2.86. The van der Waals surface area contributed by atoms with E-state index >= 15 is 0 Å². The predicted octanol–water partition coefficient (Wildman–Crippen LogP) is 3.17. The zero-order chi connectivity index (χ0) is 16.4. The molecule has 23 heavy (non-hydrogen) atoms. The number of carbonyl (C=O) groups is 1. The largest absolute Gasteiger partial charge is 0.331 e. The molecule has 0 saturated carbocycles. The summed E-state index contributed by atoms with van der Waals surface area (Å²) in [5.41, 5.74) is 3.92. The Balaban J connectivity index is 2.00. The van der Waals surface area contributed by atoms with E-state index in [1.54, 1.807) is 0 Å². The monoisotopic (exact) mass is 312 g/mol. The standard InChI is InChI=1S/C19H26N3O/c1-22(2,3)14-12-17(23)18-16-11-7-8-13-21(16)20-19(18)15-9-5-4-6-10-15/h4-6,9-10H,7-8,11-14H2,1-3H3/q+1. The molecule has 0 N–H and O–H groups in total. The topological polar surface area (TPSA) is 34.9 Å². The Bertz CT molecular complexity index is 695. The van der Waals surface area contributed by atoms with Crippen LogP contribution in [0.15, 0.2) is 30.3 Å². The van der Waals surface area contributed by atoms with Crippen LogP contribution in [0.4, 0.5) is 0 Å². The number of hydrogen-bond donors (Lipinski definition) is 0. The highest BCUT2D eigenvalue weighted by molar-refractivity contribution is 6.02. The third-order valence-electron chi connectivity index (χ3n) is 4.43. The van der Waals surface area contributed by atoms with E-state index in [0.717, 1.165) is 59.3 Å². The van der Waals surface area contributed by atoms with Crippen molar-refractivity contribution in [1.29, 1.82) is 0 Å². The fraction of sp³-hybridized carbons (Fsp3) is 0.474.